The van der Waals surface area contributed by atoms with Crippen molar-refractivity contribution in [3.8, 4) is 16.9 Å². The first-order chi connectivity index (χ1) is 8.70. The van der Waals surface area contributed by atoms with Crippen molar-refractivity contribution in [1.29, 1.82) is 0 Å². The van der Waals surface area contributed by atoms with Crippen LogP contribution in [0.3, 0.4) is 0 Å². The highest BCUT2D eigenvalue weighted by atomic mass is 16.3. The SMILES string of the molecule is C=CNC(=O)c1cccc(-c2cccc(O)c2)c1. The summed E-state index contributed by atoms with van der Waals surface area (Å²) in [6.07, 6.45) is 1.35. The van der Waals surface area contributed by atoms with Crippen LogP contribution in [-0.4, -0.2) is 11.0 Å². The minimum atomic E-state index is -0.202. The molecule has 2 rings (SSSR count). The first-order valence-corrected chi connectivity index (χ1v) is 5.52. The van der Waals surface area contributed by atoms with Gasteiger partial charge in [-0.25, -0.2) is 0 Å². The Hall–Kier alpha value is -2.55. The number of carbonyl (C=O) groups is 1. The van der Waals surface area contributed by atoms with E-state index in [4.69, 9.17) is 0 Å². The summed E-state index contributed by atoms with van der Waals surface area (Å²) in [5, 5.41) is 12.0. The lowest BCUT2D eigenvalue weighted by atomic mass is 10.0. The van der Waals surface area contributed by atoms with E-state index in [0.29, 0.717) is 5.56 Å². The van der Waals surface area contributed by atoms with Crippen LogP contribution in [0.2, 0.25) is 0 Å². The fourth-order valence-electron chi connectivity index (χ4n) is 1.70. The van der Waals surface area contributed by atoms with Gasteiger partial charge < -0.3 is 10.4 Å². The summed E-state index contributed by atoms with van der Waals surface area (Å²) in [5.41, 5.74) is 2.29. The zero-order valence-electron chi connectivity index (χ0n) is 9.76. The van der Waals surface area contributed by atoms with Crippen molar-refractivity contribution in [2.75, 3.05) is 0 Å². The second-order valence-electron chi connectivity index (χ2n) is 3.81. The van der Waals surface area contributed by atoms with Crippen LogP contribution in [0.25, 0.3) is 11.1 Å². The lowest BCUT2D eigenvalue weighted by Crippen LogP contribution is -2.16. The summed E-state index contributed by atoms with van der Waals surface area (Å²) in [6, 6.07) is 14.1. The number of carbonyl (C=O) groups excluding carboxylic acids is 1. The molecule has 0 fully saturated rings. The summed E-state index contributed by atoms with van der Waals surface area (Å²) in [6.45, 7) is 3.45. The third-order valence-electron chi connectivity index (χ3n) is 2.54. The van der Waals surface area contributed by atoms with Crippen molar-refractivity contribution < 1.29 is 9.90 Å². The Balaban J connectivity index is 2.38. The minimum absolute atomic E-state index is 0.202. The molecular formula is C15H13NO2. The molecule has 2 aromatic rings. The van der Waals surface area contributed by atoms with E-state index in [1.54, 1.807) is 36.4 Å². The first-order valence-electron chi connectivity index (χ1n) is 5.52. The van der Waals surface area contributed by atoms with Crippen LogP contribution in [0.1, 0.15) is 10.4 Å². The van der Waals surface area contributed by atoms with Crippen LogP contribution in [0.4, 0.5) is 0 Å². The van der Waals surface area contributed by atoms with Crippen LogP contribution in [-0.2, 0) is 0 Å². The van der Waals surface area contributed by atoms with Crippen LogP contribution >= 0.6 is 0 Å². The smallest absolute Gasteiger partial charge is 0.255 e. The van der Waals surface area contributed by atoms with Gasteiger partial charge in [-0.3, -0.25) is 4.79 Å². The van der Waals surface area contributed by atoms with Crippen molar-refractivity contribution in [2.24, 2.45) is 0 Å². The molecule has 0 aliphatic carbocycles. The maximum absolute atomic E-state index is 11.7. The first kappa shape index (κ1) is 11.9. The topological polar surface area (TPSA) is 49.3 Å². The number of rotatable bonds is 3. The molecule has 0 saturated heterocycles. The van der Waals surface area contributed by atoms with E-state index < -0.39 is 0 Å². The highest BCUT2D eigenvalue weighted by Gasteiger charge is 2.05. The Morgan fingerprint density at radius 3 is 2.44 bits per heavy atom. The molecule has 0 heterocycles. The highest BCUT2D eigenvalue weighted by Crippen LogP contribution is 2.23. The molecule has 1 amide bonds. The standard InChI is InChI=1S/C15H13NO2/c1-2-16-15(18)13-7-3-5-11(9-13)12-6-4-8-14(17)10-12/h2-10,17H,1H2,(H,16,18). The molecule has 0 spiro atoms. The molecule has 90 valence electrons. The second-order valence-corrected chi connectivity index (χ2v) is 3.81. The van der Waals surface area contributed by atoms with Gasteiger partial charge in [0.15, 0.2) is 0 Å². The van der Waals surface area contributed by atoms with Crippen LogP contribution in [0.15, 0.2) is 61.3 Å². The number of benzene rings is 2. The number of amides is 1. The van der Waals surface area contributed by atoms with Crippen molar-refractivity contribution in [1.82, 2.24) is 5.32 Å². The van der Waals surface area contributed by atoms with Crippen molar-refractivity contribution in [3.05, 3.63) is 66.9 Å². The molecule has 0 unspecified atom stereocenters. The van der Waals surface area contributed by atoms with Crippen LogP contribution in [0.5, 0.6) is 5.75 Å². The van der Waals surface area contributed by atoms with Gasteiger partial charge in [-0.2, -0.15) is 0 Å². The minimum Gasteiger partial charge on any atom is -0.508 e. The third kappa shape index (κ3) is 2.58. The predicted molar refractivity (Wildman–Crippen MR) is 71.2 cm³/mol. The predicted octanol–water partition coefficient (Wildman–Crippen LogP) is 2.93. The zero-order chi connectivity index (χ0) is 13.0. The lowest BCUT2D eigenvalue weighted by Gasteiger charge is -2.05. The molecule has 0 aliphatic heterocycles. The number of phenolic OH excluding ortho intramolecular Hbond substituents is 1. The molecule has 0 atom stereocenters. The Morgan fingerprint density at radius 1 is 1.11 bits per heavy atom. The van der Waals surface area contributed by atoms with Gasteiger partial charge in [0.1, 0.15) is 5.75 Å². The summed E-state index contributed by atoms with van der Waals surface area (Å²) in [5.74, 6) is 0.000416. The maximum atomic E-state index is 11.7. The molecule has 0 saturated carbocycles. The van der Waals surface area contributed by atoms with Crippen molar-refractivity contribution in [3.63, 3.8) is 0 Å². The molecule has 0 aromatic heterocycles. The van der Waals surface area contributed by atoms with Crippen LogP contribution < -0.4 is 5.32 Å². The van der Waals surface area contributed by atoms with E-state index in [0.717, 1.165) is 11.1 Å². The van der Waals surface area contributed by atoms with Gasteiger partial charge in [0.2, 0.25) is 0 Å². The van der Waals surface area contributed by atoms with Crippen molar-refractivity contribution >= 4 is 5.91 Å². The number of nitrogens with one attached hydrogen (secondary N) is 1. The molecule has 3 nitrogen and oxygen atoms in total. The highest BCUT2D eigenvalue weighted by molar-refractivity contribution is 5.96. The van der Waals surface area contributed by atoms with E-state index in [1.807, 2.05) is 12.1 Å². The molecule has 0 radical (unpaired) electrons. The largest absolute Gasteiger partial charge is 0.508 e. The Bertz CT molecular complexity index is 591. The number of phenols is 1. The lowest BCUT2D eigenvalue weighted by molar-refractivity contribution is 0.0970. The molecule has 2 N–H and O–H groups in total. The fourth-order valence-corrected chi connectivity index (χ4v) is 1.70. The average molecular weight is 239 g/mol. The third-order valence-corrected chi connectivity index (χ3v) is 2.54. The molecule has 18 heavy (non-hydrogen) atoms. The number of aromatic hydroxyl groups is 1. The van der Waals surface area contributed by atoms with Gasteiger partial charge >= 0.3 is 0 Å². The molecular weight excluding hydrogens is 226 g/mol. The molecule has 0 aliphatic rings. The number of hydrogen-bond donors (Lipinski definition) is 2. The summed E-state index contributed by atoms with van der Waals surface area (Å²) < 4.78 is 0. The quantitative estimate of drug-likeness (QED) is 0.865. The zero-order valence-corrected chi connectivity index (χ0v) is 9.76. The van der Waals surface area contributed by atoms with E-state index >= 15 is 0 Å². The Morgan fingerprint density at radius 2 is 1.78 bits per heavy atom. The van der Waals surface area contributed by atoms with E-state index in [2.05, 4.69) is 11.9 Å². The maximum Gasteiger partial charge on any atom is 0.255 e. The Kier molecular flexibility index (Phi) is 3.44. The van der Waals surface area contributed by atoms with E-state index in [1.165, 1.54) is 6.20 Å². The van der Waals surface area contributed by atoms with Gasteiger partial charge in [0.05, 0.1) is 0 Å². The van der Waals surface area contributed by atoms with Gasteiger partial charge in [0.25, 0.3) is 5.91 Å². The van der Waals surface area contributed by atoms with Crippen LogP contribution in [0, 0.1) is 0 Å². The summed E-state index contributed by atoms with van der Waals surface area (Å²) in [7, 11) is 0. The average Bonchev–Trinajstić information content (AvgIpc) is 2.39. The van der Waals surface area contributed by atoms with Gasteiger partial charge in [-0.15, -0.1) is 0 Å². The second kappa shape index (κ2) is 5.19. The number of hydrogen-bond acceptors (Lipinski definition) is 2. The van der Waals surface area contributed by atoms with E-state index in [9.17, 15) is 9.90 Å². The van der Waals surface area contributed by atoms with Gasteiger partial charge in [0, 0.05) is 5.56 Å². The summed E-state index contributed by atoms with van der Waals surface area (Å²) >= 11 is 0. The monoisotopic (exact) mass is 239 g/mol. The van der Waals surface area contributed by atoms with Gasteiger partial charge in [-0.05, 0) is 41.6 Å². The Labute approximate surface area is 105 Å². The molecule has 0 bridgehead atoms. The van der Waals surface area contributed by atoms with Gasteiger partial charge in [-0.1, -0.05) is 30.8 Å². The summed E-state index contributed by atoms with van der Waals surface area (Å²) in [4.78, 5) is 11.7. The fraction of sp³-hybridized carbons (Fsp3) is 0. The van der Waals surface area contributed by atoms with Crippen molar-refractivity contribution in [2.45, 2.75) is 0 Å². The molecule has 2 aromatic carbocycles. The van der Waals surface area contributed by atoms with E-state index in [-0.39, 0.29) is 11.7 Å². The normalized spacial score (nSPS) is 9.78. The molecule has 3 heteroatoms.